The monoisotopic (exact) mass is 318 g/mol. The van der Waals surface area contributed by atoms with Crippen molar-refractivity contribution in [1.82, 2.24) is 4.98 Å². The molecule has 3 aromatic rings. The molecule has 0 unspecified atom stereocenters. The highest BCUT2D eigenvalue weighted by Gasteiger charge is 2.20. The van der Waals surface area contributed by atoms with Crippen molar-refractivity contribution in [3.05, 3.63) is 71.9 Å². The van der Waals surface area contributed by atoms with Crippen molar-refractivity contribution in [3.8, 4) is 0 Å². The summed E-state index contributed by atoms with van der Waals surface area (Å²) in [5.74, 6) is 0.0383. The predicted molar refractivity (Wildman–Crippen MR) is 99.5 cm³/mol. The number of aromatic nitrogens is 1. The highest BCUT2D eigenvalue weighted by molar-refractivity contribution is 6.13. The van der Waals surface area contributed by atoms with Gasteiger partial charge in [-0.2, -0.15) is 0 Å². The van der Waals surface area contributed by atoms with Crippen molar-refractivity contribution in [1.29, 1.82) is 0 Å². The molecule has 0 aliphatic rings. The number of benzene rings is 2. The van der Waals surface area contributed by atoms with Crippen LogP contribution in [0.2, 0.25) is 0 Å². The summed E-state index contributed by atoms with van der Waals surface area (Å²) in [5, 5.41) is 0.908. The first kappa shape index (κ1) is 16.2. The number of para-hydroxylation sites is 2. The first-order valence-electron chi connectivity index (χ1n) is 8.44. The number of pyridine rings is 1. The zero-order valence-electron chi connectivity index (χ0n) is 14.2. The van der Waals surface area contributed by atoms with E-state index in [4.69, 9.17) is 0 Å². The molecule has 3 rings (SSSR count). The van der Waals surface area contributed by atoms with Crippen molar-refractivity contribution >= 4 is 22.5 Å². The lowest BCUT2D eigenvalue weighted by molar-refractivity contribution is 0.0988. The number of fused-ring (bicyclic) bond motifs is 1. The van der Waals surface area contributed by atoms with Gasteiger partial charge >= 0.3 is 0 Å². The fourth-order valence-corrected chi connectivity index (χ4v) is 2.90. The molecule has 0 spiro atoms. The molecule has 0 saturated carbocycles. The molecule has 0 aliphatic heterocycles. The number of carbonyl (C=O) groups is 1. The van der Waals surface area contributed by atoms with Crippen LogP contribution in [0.15, 0.2) is 60.7 Å². The molecule has 0 aliphatic carbocycles. The van der Waals surface area contributed by atoms with Gasteiger partial charge in [0.2, 0.25) is 0 Å². The molecular formula is C21H22N2O. The highest BCUT2D eigenvalue weighted by Crippen LogP contribution is 2.23. The lowest BCUT2D eigenvalue weighted by atomic mass is 10.1. The van der Waals surface area contributed by atoms with Crippen LogP contribution in [0.5, 0.6) is 0 Å². The summed E-state index contributed by atoms with van der Waals surface area (Å²) < 4.78 is 0. The first-order valence-corrected chi connectivity index (χ1v) is 8.44. The summed E-state index contributed by atoms with van der Waals surface area (Å²) in [6.07, 6.45) is 2.02. The van der Waals surface area contributed by atoms with Gasteiger partial charge in [0.05, 0.1) is 11.1 Å². The lowest BCUT2D eigenvalue weighted by Gasteiger charge is -2.23. The van der Waals surface area contributed by atoms with E-state index < -0.39 is 0 Å². The Morgan fingerprint density at radius 1 is 1.04 bits per heavy atom. The van der Waals surface area contributed by atoms with Crippen LogP contribution in [0.4, 0.5) is 5.69 Å². The quantitative estimate of drug-likeness (QED) is 0.664. The number of carbonyl (C=O) groups excluding carboxylic acids is 1. The molecule has 0 atom stereocenters. The number of unbranched alkanes of at least 4 members (excludes halogenated alkanes) is 1. The van der Waals surface area contributed by atoms with Crippen LogP contribution < -0.4 is 4.90 Å². The van der Waals surface area contributed by atoms with Crippen LogP contribution in [-0.2, 0) is 0 Å². The summed E-state index contributed by atoms with van der Waals surface area (Å²) in [7, 11) is 0. The molecule has 0 radical (unpaired) electrons. The van der Waals surface area contributed by atoms with Crippen LogP contribution >= 0.6 is 0 Å². The van der Waals surface area contributed by atoms with Crippen LogP contribution in [0.3, 0.4) is 0 Å². The number of nitrogens with zero attached hydrogens (tertiary/aromatic N) is 2. The van der Waals surface area contributed by atoms with Gasteiger partial charge in [0.25, 0.3) is 5.91 Å². The maximum Gasteiger partial charge on any atom is 0.259 e. The third-order valence-corrected chi connectivity index (χ3v) is 4.12. The fourth-order valence-electron chi connectivity index (χ4n) is 2.90. The van der Waals surface area contributed by atoms with Crippen LogP contribution in [0.25, 0.3) is 10.9 Å². The van der Waals surface area contributed by atoms with E-state index in [0.717, 1.165) is 47.2 Å². The Kier molecular flexibility index (Phi) is 4.90. The lowest BCUT2D eigenvalue weighted by Crippen LogP contribution is -2.32. The summed E-state index contributed by atoms with van der Waals surface area (Å²) in [6, 6.07) is 19.6. The molecule has 1 amide bonds. The van der Waals surface area contributed by atoms with E-state index in [1.54, 1.807) is 0 Å². The van der Waals surface area contributed by atoms with Gasteiger partial charge in [-0.25, -0.2) is 0 Å². The molecule has 0 bridgehead atoms. The Morgan fingerprint density at radius 3 is 2.50 bits per heavy atom. The van der Waals surface area contributed by atoms with Crippen LogP contribution in [0.1, 0.15) is 35.8 Å². The average molecular weight is 318 g/mol. The van der Waals surface area contributed by atoms with Crippen molar-refractivity contribution in [2.45, 2.75) is 26.7 Å². The number of aryl methyl sites for hydroxylation is 1. The van der Waals surface area contributed by atoms with Gasteiger partial charge in [-0.1, -0.05) is 49.7 Å². The van der Waals surface area contributed by atoms with E-state index in [1.165, 1.54) is 0 Å². The smallest absolute Gasteiger partial charge is 0.259 e. The minimum Gasteiger partial charge on any atom is -0.308 e. The van der Waals surface area contributed by atoms with Gasteiger partial charge < -0.3 is 4.90 Å². The molecule has 3 nitrogen and oxygen atoms in total. The summed E-state index contributed by atoms with van der Waals surface area (Å²) in [6.45, 7) is 4.79. The Hall–Kier alpha value is -2.68. The molecule has 2 aromatic carbocycles. The van der Waals surface area contributed by atoms with Crippen molar-refractivity contribution in [3.63, 3.8) is 0 Å². The molecular weight excluding hydrogens is 296 g/mol. The minimum absolute atomic E-state index is 0.0383. The number of amides is 1. The molecule has 0 N–H and O–H groups in total. The van der Waals surface area contributed by atoms with E-state index in [1.807, 2.05) is 72.5 Å². The Bertz CT molecular complexity index is 843. The molecule has 122 valence electrons. The summed E-state index contributed by atoms with van der Waals surface area (Å²) in [4.78, 5) is 19.7. The predicted octanol–water partition coefficient (Wildman–Crippen LogP) is 4.99. The van der Waals surface area contributed by atoms with Gasteiger partial charge in [-0.05, 0) is 37.6 Å². The van der Waals surface area contributed by atoms with E-state index in [9.17, 15) is 4.79 Å². The number of hydrogen-bond acceptors (Lipinski definition) is 2. The minimum atomic E-state index is 0.0383. The summed E-state index contributed by atoms with van der Waals surface area (Å²) >= 11 is 0. The van der Waals surface area contributed by atoms with E-state index in [-0.39, 0.29) is 5.91 Å². The third kappa shape index (κ3) is 3.30. The standard InChI is InChI=1S/C21H22N2O/c1-3-4-14-23(17-10-6-5-7-11-17)21(24)19-15-16(2)22-20-13-9-8-12-18(19)20/h5-13,15H,3-4,14H2,1-2H3. The normalized spacial score (nSPS) is 10.8. The molecule has 1 heterocycles. The first-order chi connectivity index (χ1) is 11.7. The maximum atomic E-state index is 13.3. The van der Waals surface area contributed by atoms with Crippen LogP contribution in [-0.4, -0.2) is 17.4 Å². The van der Waals surface area contributed by atoms with E-state index >= 15 is 0 Å². The summed E-state index contributed by atoms with van der Waals surface area (Å²) in [5.41, 5.74) is 3.39. The molecule has 0 saturated heterocycles. The maximum absolute atomic E-state index is 13.3. The fraction of sp³-hybridized carbons (Fsp3) is 0.238. The number of rotatable bonds is 5. The van der Waals surface area contributed by atoms with Gasteiger partial charge in [-0.3, -0.25) is 9.78 Å². The highest BCUT2D eigenvalue weighted by atomic mass is 16.2. The molecule has 24 heavy (non-hydrogen) atoms. The SMILES string of the molecule is CCCCN(C(=O)c1cc(C)nc2ccccc12)c1ccccc1. The largest absolute Gasteiger partial charge is 0.308 e. The second kappa shape index (κ2) is 7.26. The third-order valence-electron chi connectivity index (χ3n) is 4.12. The zero-order valence-corrected chi connectivity index (χ0v) is 14.2. The van der Waals surface area contributed by atoms with Gasteiger partial charge in [0, 0.05) is 23.3 Å². The topological polar surface area (TPSA) is 33.2 Å². The van der Waals surface area contributed by atoms with E-state index in [0.29, 0.717) is 0 Å². The average Bonchev–Trinajstić information content (AvgIpc) is 2.62. The second-order valence-corrected chi connectivity index (χ2v) is 5.97. The Morgan fingerprint density at radius 2 is 1.75 bits per heavy atom. The second-order valence-electron chi connectivity index (χ2n) is 5.97. The zero-order chi connectivity index (χ0) is 16.9. The van der Waals surface area contributed by atoms with Crippen molar-refractivity contribution in [2.24, 2.45) is 0 Å². The van der Waals surface area contributed by atoms with E-state index in [2.05, 4.69) is 11.9 Å². The molecule has 3 heteroatoms. The Balaban J connectivity index is 2.07. The molecule has 0 fully saturated rings. The van der Waals surface area contributed by atoms with Gasteiger partial charge in [-0.15, -0.1) is 0 Å². The van der Waals surface area contributed by atoms with Gasteiger partial charge in [0.1, 0.15) is 0 Å². The van der Waals surface area contributed by atoms with Crippen molar-refractivity contribution < 1.29 is 4.79 Å². The van der Waals surface area contributed by atoms with Crippen LogP contribution in [0, 0.1) is 6.92 Å². The molecule has 1 aromatic heterocycles. The Labute approximate surface area is 143 Å². The van der Waals surface area contributed by atoms with Gasteiger partial charge in [0.15, 0.2) is 0 Å². The number of anilines is 1. The van der Waals surface area contributed by atoms with Crippen molar-refractivity contribution in [2.75, 3.05) is 11.4 Å². The number of hydrogen-bond donors (Lipinski definition) is 0.